The third-order valence-electron chi connectivity index (χ3n) is 3.11. The van der Waals surface area contributed by atoms with Crippen LogP contribution in [0.1, 0.15) is 24.6 Å². The molecule has 0 bridgehead atoms. The van der Waals surface area contributed by atoms with Gasteiger partial charge in [-0.3, -0.25) is 4.79 Å². The van der Waals surface area contributed by atoms with Gasteiger partial charge in [-0.25, -0.2) is 9.97 Å². The molecule has 0 radical (unpaired) electrons. The average molecular weight is 301 g/mol. The minimum atomic E-state index is -0.168. The first-order valence-electron chi connectivity index (χ1n) is 6.92. The van der Waals surface area contributed by atoms with Crippen LogP contribution in [0.4, 0.5) is 5.69 Å². The lowest BCUT2D eigenvalue weighted by Crippen LogP contribution is -2.25. The van der Waals surface area contributed by atoms with Crippen LogP contribution in [0.15, 0.2) is 41.7 Å². The fourth-order valence-corrected chi connectivity index (χ4v) is 2.86. The molecule has 1 unspecified atom stereocenters. The van der Waals surface area contributed by atoms with Gasteiger partial charge in [-0.2, -0.15) is 0 Å². The van der Waals surface area contributed by atoms with Crippen molar-refractivity contribution < 1.29 is 4.79 Å². The molecule has 1 amide bonds. The standard InChI is InChI=1S/C16H19N3OS/c1-4-14(21-15-9-12(3)17-10-18-15)16(20)19-13-8-6-5-7-11(13)2/h5-10,14H,4H2,1-3H3,(H,19,20). The Bertz CT molecular complexity index is 630. The molecule has 2 rings (SSSR count). The van der Waals surface area contributed by atoms with E-state index in [0.717, 1.165) is 28.4 Å². The Balaban J connectivity index is 2.07. The second-order valence-corrected chi connectivity index (χ2v) is 6.04. The second-order valence-electron chi connectivity index (χ2n) is 4.82. The highest BCUT2D eigenvalue weighted by atomic mass is 32.2. The van der Waals surface area contributed by atoms with Crippen molar-refractivity contribution in [2.75, 3.05) is 5.32 Å². The van der Waals surface area contributed by atoms with Crippen LogP contribution in [0.5, 0.6) is 0 Å². The maximum atomic E-state index is 12.4. The van der Waals surface area contributed by atoms with Crippen molar-refractivity contribution in [3.63, 3.8) is 0 Å². The quantitative estimate of drug-likeness (QED) is 0.677. The largest absolute Gasteiger partial charge is 0.325 e. The summed E-state index contributed by atoms with van der Waals surface area (Å²) < 4.78 is 0. The molecule has 0 aliphatic heterocycles. The molecule has 0 aliphatic rings. The Morgan fingerprint density at radius 3 is 2.71 bits per heavy atom. The van der Waals surface area contributed by atoms with Crippen molar-refractivity contribution in [1.82, 2.24) is 9.97 Å². The summed E-state index contributed by atoms with van der Waals surface area (Å²) in [6.45, 7) is 5.90. The van der Waals surface area contributed by atoms with Crippen LogP contribution in [-0.4, -0.2) is 21.1 Å². The van der Waals surface area contributed by atoms with Crippen LogP contribution < -0.4 is 5.32 Å². The molecule has 2 aromatic rings. The summed E-state index contributed by atoms with van der Waals surface area (Å²) in [6, 6.07) is 9.68. The number of carbonyl (C=O) groups is 1. The summed E-state index contributed by atoms with van der Waals surface area (Å²) in [7, 11) is 0. The lowest BCUT2D eigenvalue weighted by atomic mass is 10.2. The van der Waals surface area contributed by atoms with Gasteiger partial charge in [0.2, 0.25) is 5.91 Å². The lowest BCUT2D eigenvalue weighted by Gasteiger charge is -2.15. The molecule has 0 saturated heterocycles. The first-order valence-corrected chi connectivity index (χ1v) is 7.80. The van der Waals surface area contributed by atoms with Gasteiger partial charge < -0.3 is 5.32 Å². The number of nitrogens with one attached hydrogen (secondary N) is 1. The van der Waals surface area contributed by atoms with Crippen LogP contribution in [0.25, 0.3) is 0 Å². The average Bonchev–Trinajstić information content (AvgIpc) is 2.47. The molecule has 110 valence electrons. The van der Waals surface area contributed by atoms with Gasteiger partial charge in [-0.05, 0) is 38.0 Å². The molecule has 21 heavy (non-hydrogen) atoms. The van der Waals surface area contributed by atoms with E-state index in [1.807, 2.05) is 51.1 Å². The summed E-state index contributed by atoms with van der Waals surface area (Å²) in [6.07, 6.45) is 2.27. The minimum absolute atomic E-state index is 0.00747. The number of rotatable bonds is 5. The third-order valence-corrected chi connectivity index (χ3v) is 4.40. The number of nitrogens with zero attached hydrogens (tertiary/aromatic N) is 2. The molecule has 4 nitrogen and oxygen atoms in total. The van der Waals surface area contributed by atoms with Crippen molar-refractivity contribution in [2.24, 2.45) is 0 Å². The van der Waals surface area contributed by atoms with Gasteiger partial charge >= 0.3 is 0 Å². The smallest absolute Gasteiger partial charge is 0.237 e. The van der Waals surface area contributed by atoms with Crippen LogP contribution >= 0.6 is 11.8 Å². The van der Waals surface area contributed by atoms with Crippen LogP contribution in [-0.2, 0) is 4.79 Å². The van der Waals surface area contributed by atoms with Gasteiger partial charge in [0.05, 0.1) is 5.25 Å². The van der Waals surface area contributed by atoms with Crippen molar-refractivity contribution in [3.05, 3.63) is 47.9 Å². The highest BCUT2D eigenvalue weighted by molar-refractivity contribution is 8.00. The number of para-hydroxylation sites is 1. The van der Waals surface area contributed by atoms with Gasteiger partial charge in [0.15, 0.2) is 0 Å². The lowest BCUT2D eigenvalue weighted by molar-refractivity contribution is -0.115. The number of hydrogen-bond acceptors (Lipinski definition) is 4. The first kappa shape index (κ1) is 15.5. The van der Waals surface area contributed by atoms with E-state index in [2.05, 4.69) is 15.3 Å². The van der Waals surface area contributed by atoms with Crippen molar-refractivity contribution in [1.29, 1.82) is 0 Å². The van der Waals surface area contributed by atoms with Gasteiger partial charge in [-0.1, -0.05) is 36.9 Å². The van der Waals surface area contributed by atoms with Gasteiger partial charge in [0, 0.05) is 11.4 Å². The van der Waals surface area contributed by atoms with Gasteiger partial charge in [0.1, 0.15) is 11.4 Å². The molecular formula is C16H19N3OS. The van der Waals surface area contributed by atoms with E-state index in [0.29, 0.717) is 0 Å². The van der Waals surface area contributed by atoms with Crippen LogP contribution in [0.2, 0.25) is 0 Å². The van der Waals surface area contributed by atoms with E-state index in [4.69, 9.17) is 0 Å². The maximum Gasteiger partial charge on any atom is 0.237 e. The van der Waals surface area contributed by atoms with Gasteiger partial charge in [-0.15, -0.1) is 0 Å². The van der Waals surface area contributed by atoms with E-state index < -0.39 is 0 Å². The predicted molar refractivity (Wildman–Crippen MR) is 86.5 cm³/mol. The fourth-order valence-electron chi connectivity index (χ4n) is 1.89. The number of amides is 1. The highest BCUT2D eigenvalue weighted by Gasteiger charge is 2.19. The predicted octanol–water partition coefficient (Wildman–Crippen LogP) is 3.60. The molecule has 1 N–H and O–H groups in total. The molecule has 0 aliphatic carbocycles. The minimum Gasteiger partial charge on any atom is -0.325 e. The van der Waals surface area contributed by atoms with E-state index in [1.54, 1.807) is 0 Å². The Morgan fingerprint density at radius 2 is 2.05 bits per heavy atom. The molecule has 1 aromatic carbocycles. The summed E-state index contributed by atoms with van der Waals surface area (Å²) in [5.41, 5.74) is 2.82. The Kier molecular flexibility index (Phi) is 5.33. The summed E-state index contributed by atoms with van der Waals surface area (Å²) in [4.78, 5) is 20.7. The zero-order chi connectivity index (χ0) is 15.2. The second kappa shape index (κ2) is 7.22. The molecule has 1 heterocycles. The normalized spacial score (nSPS) is 12.0. The zero-order valence-corrected chi connectivity index (χ0v) is 13.3. The Labute approximate surface area is 129 Å². The molecule has 1 atom stereocenters. The summed E-state index contributed by atoms with van der Waals surface area (Å²) in [5, 5.41) is 3.65. The maximum absolute atomic E-state index is 12.4. The molecule has 0 saturated carbocycles. The topological polar surface area (TPSA) is 54.9 Å². The number of thioether (sulfide) groups is 1. The number of benzene rings is 1. The molecule has 0 spiro atoms. The monoisotopic (exact) mass is 301 g/mol. The van der Waals surface area contributed by atoms with E-state index in [1.165, 1.54) is 18.1 Å². The summed E-state index contributed by atoms with van der Waals surface area (Å²) in [5.74, 6) is 0.00747. The van der Waals surface area contributed by atoms with Crippen molar-refractivity contribution in [2.45, 2.75) is 37.5 Å². The number of hydrogen-bond donors (Lipinski definition) is 1. The van der Waals surface area contributed by atoms with Gasteiger partial charge in [0.25, 0.3) is 0 Å². The van der Waals surface area contributed by atoms with Crippen LogP contribution in [0, 0.1) is 13.8 Å². The third kappa shape index (κ3) is 4.29. The first-order chi connectivity index (χ1) is 10.1. The van der Waals surface area contributed by atoms with Crippen LogP contribution in [0.3, 0.4) is 0 Å². The molecular weight excluding hydrogens is 282 g/mol. The Hall–Kier alpha value is -1.88. The molecule has 1 aromatic heterocycles. The van der Waals surface area contributed by atoms with Crippen molar-refractivity contribution in [3.8, 4) is 0 Å². The van der Waals surface area contributed by atoms with E-state index in [9.17, 15) is 4.79 Å². The Morgan fingerprint density at radius 1 is 1.29 bits per heavy atom. The molecule has 5 heteroatoms. The SMILES string of the molecule is CCC(Sc1cc(C)ncn1)C(=O)Nc1ccccc1C. The van der Waals surface area contributed by atoms with Crippen molar-refractivity contribution >= 4 is 23.4 Å². The number of aryl methyl sites for hydroxylation is 2. The summed E-state index contributed by atoms with van der Waals surface area (Å²) >= 11 is 1.47. The number of aromatic nitrogens is 2. The highest BCUT2D eigenvalue weighted by Crippen LogP contribution is 2.25. The zero-order valence-electron chi connectivity index (χ0n) is 12.5. The fraction of sp³-hybridized carbons (Fsp3) is 0.312. The van der Waals surface area contributed by atoms with E-state index >= 15 is 0 Å². The number of carbonyl (C=O) groups excluding carboxylic acids is 1. The number of anilines is 1. The van der Waals surface area contributed by atoms with E-state index in [-0.39, 0.29) is 11.2 Å². The molecule has 0 fully saturated rings.